The van der Waals surface area contributed by atoms with Gasteiger partial charge in [-0.25, -0.2) is 0 Å². The number of allylic oxidation sites excluding steroid dienone is 12. The van der Waals surface area contributed by atoms with Crippen molar-refractivity contribution in [3.63, 3.8) is 0 Å². The van der Waals surface area contributed by atoms with Crippen LogP contribution in [0.2, 0.25) is 0 Å². The van der Waals surface area contributed by atoms with Gasteiger partial charge in [0.15, 0.2) is 18.7 Å². The average molecular weight is 1130 g/mol. The zero-order chi connectivity index (χ0) is 58.1. The zero-order valence-electron chi connectivity index (χ0n) is 49.5. The summed E-state index contributed by atoms with van der Waals surface area (Å²) in [5.41, 5.74) is 0. The molecule has 0 bridgehead atoms. The van der Waals surface area contributed by atoms with Gasteiger partial charge in [-0.2, -0.15) is 0 Å². The molecule has 0 amide bonds. The molecule has 2 rings (SSSR count). The minimum atomic E-state index is -1.78. The number of aliphatic hydroxyl groups is 7. The normalized spacial score (nSPS) is 24.2. The molecule has 0 aliphatic carbocycles. The van der Waals surface area contributed by atoms with Crippen molar-refractivity contribution in [2.75, 3.05) is 26.4 Å². The maximum atomic E-state index is 13.1. The molecular weight excluding hydrogens is 1020 g/mol. The highest BCUT2D eigenvalue weighted by Crippen LogP contribution is 2.27. The van der Waals surface area contributed by atoms with Gasteiger partial charge >= 0.3 is 11.9 Å². The van der Waals surface area contributed by atoms with E-state index in [2.05, 4.69) is 80.7 Å². The van der Waals surface area contributed by atoms with E-state index in [1.807, 2.05) is 6.08 Å². The topological polar surface area (TPSA) is 231 Å². The van der Waals surface area contributed by atoms with Crippen molar-refractivity contribution in [1.82, 2.24) is 0 Å². The minimum absolute atomic E-state index is 0.0912. The molecular formula is C65H112O15. The molecule has 0 radical (unpaired) electrons. The molecule has 11 atom stereocenters. The largest absolute Gasteiger partial charge is 0.462 e. The van der Waals surface area contributed by atoms with E-state index >= 15 is 0 Å². The van der Waals surface area contributed by atoms with Crippen LogP contribution in [0.3, 0.4) is 0 Å². The van der Waals surface area contributed by atoms with Gasteiger partial charge in [0.25, 0.3) is 0 Å². The molecule has 0 aromatic carbocycles. The lowest BCUT2D eigenvalue weighted by atomic mass is 9.98. The van der Waals surface area contributed by atoms with Gasteiger partial charge in [-0.05, 0) is 83.5 Å². The lowest BCUT2D eigenvalue weighted by Gasteiger charge is -2.42. The van der Waals surface area contributed by atoms with Crippen LogP contribution in [0.4, 0.5) is 0 Å². The molecule has 80 heavy (non-hydrogen) atoms. The van der Waals surface area contributed by atoms with E-state index < -0.39 is 99.3 Å². The molecule has 2 aliphatic rings. The van der Waals surface area contributed by atoms with Crippen molar-refractivity contribution >= 4 is 11.9 Å². The van der Waals surface area contributed by atoms with E-state index in [9.17, 15) is 45.3 Å². The van der Waals surface area contributed by atoms with E-state index in [1.54, 1.807) is 0 Å². The van der Waals surface area contributed by atoms with E-state index in [1.165, 1.54) is 135 Å². The first-order valence-corrected chi connectivity index (χ1v) is 31.5. The molecule has 0 aromatic heterocycles. The molecule has 4 unspecified atom stereocenters. The summed E-state index contributed by atoms with van der Waals surface area (Å²) >= 11 is 0. The van der Waals surface area contributed by atoms with Crippen LogP contribution >= 0.6 is 0 Å². The fraction of sp³-hybridized carbons (Fsp3) is 0.785. The fourth-order valence-electron chi connectivity index (χ4n) is 9.53. The third-order valence-corrected chi connectivity index (χ3v) is 14.6. The quantitative estimate of drug-likeness (QED) is 0.0171. The van der Waals surface area contributed by atoms with Gasteiger partial charge in [-0.15, -0.1) is 0 Å². The molecule has 2 saturated heterocycles. The minimum Gasteiger partial charge on any atom is -0.462 e. The number of esters is 2. The predicted molar refractivity (Wildman–Crippen MR) is 316 cm³/mol. The smallest absolute Gasteiger partial charge is 0.306 e. The van der Waals surface area contributed by atoms with Gasteiger partial charge in [0.2, 0.25) is 0 Å². The highest BCUT2D eigenvalue weighted by atomic mass is 16.7. The summed E-state index contributed by atoms with van der Waals surface area (Å²) in [5, 5.41) is 72.4. The lowest BCUT2D eigenvalue weighted by Crippen LogP contribution is -2.61. The third kappa shape index (κ3) is 36.5. The molecule has 0 spiro atoms. The Hall–Kier alpha value is -3.06. The van der Waals surface area contributed by atoms with E-state index in [4.69, 9.17) is 28.4 Å². The van der Waals surface area contributed by atoms with Crippen molar-refractivity contribution in [3.8, 4) is 0 Å². The lowest BCUT2D eigenvalue weighted by molar-refractivity contribution is -0.332. The van der Waals surface area contributed by atoms with Gasteiger partial charge in [0.1, 0.15) is 55.4 Å². The van der Waals surface area contributed by atoms with Crippen molar-refractivity contribution in [2.24, 2.45) is 0 Å². The first kappa shape index (κ1) is 73.0. The van der Waals surface area contributed by atoms with Gasteiger partial charge in [0, 0.05) is 12.8 Å². The van der Waals surface area contributed by atoms with Gasteiger partial charge < -0.3 is 64.2 Å². The van der Waals surface area contributed by atoms with E-state index in [-0.39, 0.29) is 19.4 Å². The first-order chi connectivity index (χ1) is 39.0. The van der Waals surface area contributed by atoms with Crippen LogP contribution in [-0.2, 0) is 38.0 Å². The maximum absolute atomic E-state index is 13.1. The highest BCUT2D eigenvalue weighted by Gasteiger charge is 2.47. The second kappa shape index (κ2) is 50.5. The molecule has 7 N–H and O–H groups in total. The maximum Gasteiger partial charge on any atom is 0.306 e. The fourth-order valence-corrected chi connectivity index (χ4v) is 9.53. The van der Waals surface area contributed by atoms with Gasteiger partial charge in [-0.3, -0.25) is 9.59 Å². The molecule has 15 nitrogen and oxygen atoms in total. The van der Waals surface area contributed by atoms with Crippen molar-refractivity contribution < 1.29 is 73.8 Å². The molecule has 0 saturated carbocycles. The number of carbonyl (C=O) groups is 2. The summed E-state index contributed by atoms with van der Waals surface area (Å²) in [5.74, 6) is -1.04. The molecule has 0 aromatic rings. The summed E-state index contributed by atoms with van der Waals surface area (Å²) in [6.45, 7) is 2.52. The van der Waals surface area contributed by atoms with Crippen LogP contribution in [0.5, 0.6) is 0 Å². The Morgan fingerprint density at radius 3 is 1.23 bits per heavy atom. The number of rotatable bonds is 50. The highest BCUT2D eigenvalue weighted by molar-refractivity contribution is 5.70. The van der Waals surface area contributed by atoms with Crippen LogP contribution in [0.25, 0.3) is 0 Å². The number of aliphatic hydroxyl groups excluding tert-OH is 7. The summed E-state index contributed by atoms with van der Waals surface area (Å²) in [6.07, 6.45) is 46.6. The average Bonchev–Trinajstić information content (AvgIpc) is 3.50. The number of hydrogen-bond acceptors (Lipinski definition) is 15. The second-order valence-electron chi connectivity index (χ2n) is 21.9. The summed E-state index contributed by atoms with van der Waals surface area (Å²) in [4.78, 5) is 25.9. The van der Waals surface area contributed by atoms with Gasteiger partial charge in [-0.1, -0.05) is 209 Å². The Kier molecular flexibility index (Phi) is 46.1. The third-order valence-electron chi connectivity index (χ3n) is 14.6. The Morgan fingerprint density at radius 2 is 0.762 bits per heavy atom. The zero-order valence-corrected chi connectivity index (χ0v) is 49.5. The predicted octanol–water partition coefficient (Wildman–Crippen LogP) is 11.7. The molecule has 2 heterocycles. The molecule has 462 valence electrons. The monoisotopic (exact) mass is 1130 g/mol. The molecule has 15 heteroatoms. The number of hydrogen-bond donors (Lipinski definition) is 7. The summed E-state index contributed by atoms with van der Waals surface area (Å²) < 4.78 is 33.6. The standard InChI is InChI=1S/C65H112O15/c1-3-5-7-9-11-13-15-17-19-21-23-25-26-28-30-32-34-36-38-40-42-44-46-48-57(68)78-53(51-76-64-63(74)61(72)59(70)55(80-64)52-77-65-62(73)60(71)58(69)54(49-66)79-65)50-75-56(67)47-45-43-41-39-37-35-33-31-29-27-24-22-20-18-16-14-12-10-8-6-4-2/h20,22,27,29,32-35,39-42,53-55,58-66,69-74H,3-19,21,23-26,28,30-31,36-38,43-52H2,1-2H3/b22-20+,29-27+,34-32+,35-33+,41-39+,42-40+/t53-,54+,55+,58-,59-,60?,61?,62?,63?,64+,65+/m1/s1. The molecule has 2 fully saturated rings. The van der Waals surface area contributed by atoms with Crippen LogP contribution in [0, 0.1) is 0 Å². The van der Waals surface area contributed by atoms with Crippen LogP contribution in [-0.4, -0.2) is 142 Å². The summed E-state index contributed by atoms with van der Waals surface area (Å²) in [6, 6.07) is 0. The van der Waals surface area contributed by atoms with Crippen LogP contribution in [0.1, 0.15) is 232 Å². The number of unbranched alkanes of at least 4 members (excludes halogenated alkanes) is 24. The van der Waals surface area contributed by atoms with Crippen LogP contribution in [0.15, 0.2) is 72.9 Å². The molecule has 2 aliphatic heterocycles. The van der Waals surface area contributed by atoms with E-state index in [0.717, 1.165) is 44.9 Å². The Labute approximate surface area is 483 Å². The van der Waals surface area contributed by atoms with Crippen molar-refractivity contribution in [3.05, 3.63) is 72.9 Å². The Bertz CT molecular complexity index is 1660. The Balaban J connectivity index is 1.77. The number of ether oxygens (including phenoxy) is 6. The Morgan fingerprint density at radius 1 is 0.400 bits per heavy atom. The summed E-state index contributed by atoms with van der Waals surface area (Å²) in [7, 11) is 0. The van der Waals surface area contributed by atoms with Crippen molar-refractivity contribution in [1.29, 1.82) is 0 Å². The first-order valence-electron chi connectivity index (χ1n) is 31.5. The SMILES string of the molecule is CCCCCCCCC/C=C/C/C=C/C/C=C/C/C=C/CCCC(=O)OC[C@H](CO[C@H]1O[C@@H](CO[C@H]2O[C@@H](CO)[C@@H](O)C(O)C2O)[C@@H](O)C(O)C1O)OC(=O)CCC/C=C/CC/C=C/CCCCCCCCCCCCCCCC. The number of carbonyl (C=O) groups excluding carboxylic acids is 2. The second-order valence-corrected chi connectivity index (χ2v) is 21.9. The van der Waals surface area contributed by atoms with E-state index in [0.29, 0.717) is 25.7 Å². The van der Waals surface area contributed by atoms with Crippen LogP contribution < -0.4 is 0 Å². The van der Waals surface area contributed by atoms with Gasteiger partial charge in [0.05, 0.1) is 19.8 Å². The van der Waals surface area contributed by atoms with Crippen molar-refractivity contribution in [2.45, 2.75) is 300 Å².